The molecule has 1 aliphatic heterocycles. The molecule has 110 valence electrons. The Morgan fingerprint density at radius 2 is 2.20 bits per heavy atom. The number of nitrogens with zero attached hydrogens (tertiary/aromatic N) is 1. The van der Waals surface area contributed by atoms with E-state index in [9.17, 15) is 4.79 Å². The van der Waals surface area contributed by atoms with Crippen molar-refractivity contribution in [3.05, 3.63) is 20.8 Å². The number of rotatable bonds is 4. The first-order chi connectivity index (χ1) is 9.74. The first-order valence-corrected chi connectivity index (χ1v) is 8.73. The van der Waals surface area contributed by atoms with E-state index in [-0.39, 0.29) is 0 Å². The van der Waals surface area contributed by atoms with E-state index in [4.69, 9.17) is 11.6 Å². The fourth-order valence-electron chi connectivity index (χ4n) is 3.21. The zero-order valence-electron chi connectivity index (χ0n) is 11.7. The van der Waals surface area contributed by atoms with Gasteiger partial charge in [0.1, 0.15) is 0 Å². The molecule has 0 radical (unpaired) electrons. The highest BCUT2D eigenvalue weighted by molar-refractivity contribution is 7.16. The predicted octanol–water partition coefficient (Wildman–Crippen LogP) is 3.38. The minimum atomic E-state index is 0.300. The van der Waals surface area contributed by atoms with E-state index >= 15 is 0 Å². The molecule has 0 saturated carbocycles. The highest BCUT2D eigenvalue weighted by Crippen LogP contribution is 2.37. The van der Waals surface area contributed by atoms with Crippen molar-refractivity contribution in [2.45, 2.75) is 44.6 Å². The second-order valence-electron chi connectivity index (χ2n) is 5.67. The number of amides is 1. The van der Waals surface area contributed by atoms with Crippen LogP contribution in [0.15, 0.2) is 6.07 Å². The second-order valence-corrected chi connectivity index (χ2v) is 7.43. The van der Waals surface area contributed by atoms with Gasteiger partial charge >= 0.3 is 0 Å². The van der Waals surface area contributed by atoms with E-state index in [1.807, 2.05) is 4.90 Å². The number of aryl methyl sites for hydroxylation is 1. The van der Waals surface area contributed by atoms with Crippen LogP contribution in [-0.2, 0) is 11.2 Å². The monoisotopic (exact) mass is 312 g/mol. The standard InChI is InChI=1S/C15H21ClN2OS/c16-14-10-11-12(4-3-5-13(11)20-14)17-7-6-15(19)18-8-1-2-9-18/h10,12,17H,1-9H2. The fourth-order valence-corrected chi connectivity index (χ4v) is 4.60. The number of hydrogen-bond acceptors (Lipinski definition) is 3. The Morgan fingerprint density at radius 1 is 1.40 bits per heavy atom. The molecule has 1 unspecified atom stereocenters. The number of nitrogens with one attached hydrogen (secondary N) is 1. The molecular weight excluding hydrogens is 292 g/mol. The molecule has 1 aromatic rings. The van der Waals surface area contributed by atoms with Crippen molar-refractivity contribution >= 4 is 28.8 Å². The number of likely N-dealkylation sites (tertiary alicyclic amines) is 1. The van der Waals surface area contributed by atoms with Crippen LogP contribution in [0.1, 0.15) is 48.6 Å². The predicted molar refractivity (Wildman–Crippen MR) is 83.4 cm³/mol. The molecule has 0 spiro atoms. The number of fused-ring (bicyclic) bond motifs is 1. The summed E-state index contributed by atoms with van der Waals surface area (Å²) in [4.78, 5) is 15.4. The van der Waals surface area contributed by atoms with Crippen LogP contribution in [-0.4, -0.2) is 30.4 Å². The summed E-state index contributed by atoms with van der Waals surface area (Å²) in [6, 6.07) is 2.48. The van der Waals surface area contributed by atoms with Crippen molar-refractivity contribution in [2.75, 3.05) is 19.6 Å². The summed E-state index contributed by atoms with van der Waals surface area (Å²) in [5.41, 5.74) is 1.36. The Balaban J connectivity index is 1.50. The summed E-state index contributed by atoms with van der Waals surface area (Å²) in [5, 5.41) is 3.55. The topological polar surface area (TPSA) is 32.3 Å². The van der Waals surface area contributed by atoms with E-state index in [1.54, 1.807) is 11.3 Å². The maximum Gasteiger partial charge on any atom is 0.223 e. The number of thiophene rings is 1. The fraction of sp³-hybridized carbons (Fsp3) is 0.667. The minimum Gasteiger partial charge on any atom is -0.343 e. The summed E-state index contributed by atoms with van der Waals surface area (Å²) in [6.07, 6.45) is 6.46. The number of carbonyl (C=O) groups is 1. The van der Waals surface area contributed by atoms with Gasteiger partial charge in [-0.15, -0.1) is 11.3 Å². The first kappa shape index (κ1) is 14.4. The normalized spacial score (nSPS) is 22.1. The third-order valence-electron chi connectivity index (χ3n) is 4.27. The van der Waals surface area contributed by atoms with Crippen LogP contribution < -0.4 is 5.32 Å². The SMILES string of the molecule is O=C(CCNC1CCCc2sc(Cl)cc21)N1CCCC1. The summed E-state index contributed by atoms with van der Waals surface area (Å²) >= 11 is 7.82. The second kappa shape index (κ2) is 6.46. The van der Waals surface area contributed by atoms with Gasteiger partial charge in [0, 0.05) is 37.0 Å². The smallest absolute Gasteiger partial charge is 0.223 e. The van der Waals surface area contributed by atoms with Crippen LogP contribution in [0, 0.1) is 0 Å². The molecule has 2 aliphatic rings. The van der Waals surface area contributed by atoms with E-state index < -0.39 is 0 Å². The van der Waals surface area contributed by atoms with E-state index in [0.29, 0.717) is 18.4 Å². The van der Waals surface area contributed by atoms with Crippen LogP contribution >= 0.6 is 22.9 Å². The van der Waals surface area contributed by atoms with Crippen molar-refractivity contribution < 1.29 is 4.79 Å². The largest absolute Gasteiger partial charge is 0.343 e. The molecule has 3 rings (SSSR count). The lowest BCUT2D eigenvalue weighted by molar-refractivity contribution is -0.130. The Labute approximate surface area is 129 Å². The first-order valence-electron chi connectivity index (χ1n) is 7.53. The number of hydrogen-bond donors (Lipinski definition) is 1. The van der Waals surface area contributed by atoms with Crippen molar-refractivity contribution in [1.29, 1.82) is 0 Å². The lowest BCUT2D eigenvalue weighted by Gasteiger charge is -2.24. The van der Waals surface area contributed by atoms with Gasteiger partial charge < -0.3 is 10.2 Å². The molecule has 20 heavy (non-hydrogen) atoms. The van der Waals surface area contributed by atoms with Crippen molar-refractivity contribution in [1.82, 2.24) is 10.2 Å². The van der Waals surface area contributed by atoms with Gasteiger partial charge in [-0.25, -0.2) is 0 Å². The summed E-state index contributed by atoms with van der Waals surface area (Å²) in [7, 11) is 0. The third kappa shape index (κ3) is 3.18. The van der Waals surface area contributed by atoms with E-state index in [1.165, 1.54) is 29.7 Å². The van der Waals surface area contributed by atoms with Crippen LogP contribution in [0.3, 0.4) is 0 Å². The molecule has 0 bridgehead atoms. The molecule has 1 aliphatic carbocycles. The van der Waals surface area contributed by atoms with Crippen molar-refractivity contribution in [3.63, 3.8) is 0 Å². The minimum absolute atomic E-state index is 0.300. The average Bonchev–Trinajstić information content (AvgIpc) is 3.06. The Kier molecular flexibility index (Phi) is 4.64. The van der Waals surface area contributed by atoms with Gasteiger partial charge in [0.25, 0.3) is 0 Å². The molecule has 3 nitrogen and oxygen atoms in total. The molecular formula is C15H21ClN2OS. The molecule has 1 fully saturated rings. The lowest BCUT2D eigenvalue weighted by Crippen LogP contribution is -2.32. The Morgan fingerprint density at radius 3 is 3.00 bits per heavy atom. The lowest BCUT2D eigenvalue weighted by atomic mass is 9.94. The summed E-state index contributed by atoms with van der Waals surface area (Å²) in [6.45, 7) is 2.67. The molecule has 1 amide bonds. The van der Waals surface area contributed by atoms with Gasteiger partial charge in [-0.1, -0.05) is 11.6 Å². The maximum atomic E-state index is 12.0. The van der Waals surface area contributed by atoms with E-state index in [0.717, 1.165) is 36.8 Å². The van der Waals surface area contributed by atoms with Gasteiger partial charge in [0.2, 0.25) is 5.91 Å². The maximum absolute atomic E-state index is 12.0. The highest BCUT2D eigenvalue weighted by atomic mass is 35.5. The van der Waals surface area contributed by atoms with Crippen LogP contribution in [0.25, 0.3) is 0 Å². The van der Waals surface area contributed by atoms with Crippen molar-refractivity contribution in [2.24, 2.45) is 0 Å². The highest BCUT2D eigenvalue weighted by Gasteiger charge is 2.23. The Bertz CT molecular complexity index is 482. The third-order valence-corrected chi connectivity index (χ3v) is 5.61. The molecule has 1 saturated heterocycles. The van der Waals surface area contributed by atoms with Crippen LogP contribution in [0.4, 0.5) is 0 Å². The van der Waals surface area contributed by atoms with Gasteiger partial charge in [0.15, 0.2) is 0 Å². The average molecular weight is 313 g/mol. The molecule has 1 N–H and O–H groups in total. The quantitative estimate of drug-likeness (QED) is 0.924. The zero-order chi connectivity index (χ0) is 13.9. The number of carbonyl (C=O) groups excluding carboxylic acids is 1. The molecule has 2 heterocycles. The van der Waals surface area contributed by atoms with Gasteiger partial charge in [-0.05, 0) is 43.7 Å². The Hall–Kier alpha value is -0.580. The molecule has 1 aromatic heterocycles. The number of halogens is 1. The van der Waals surface area contributed by atoms with Crippen molar-refractivity contribution in [3.8, 4) is 0 Å². The summed E-state index contributed by atoms with van der Waals surface area (Å²) < 4.78 is 0.886. The summed E-state index contributed by atoms with van der Waals surface area (Å²) in [5.74, 6) is 0.300. The molecule has 1 atom stereocenters. The van der Waals surface area contributed by atoms with Gasteiger partial charge in [-0.2, -0.15) is 0 Å². The van der Waals surface area contributed by atoms with Crippen LogP contribution in [0.2, 0.25) is 4.34 Å². The molecule has 5 heteroatoms. The molecule has 0 aromatic carbocycles. The van der Waals surface area contributed by atoms with Gasteiger partial charge in [0.05, 0.1) is 4.34 Å². The van der Waals surface area contributed by atoms with Gasteiger partial charge in [-0.3, -0.25) is 4.79 Å². The van der Waals surface area contributed by atoms with Crippen LogP contribution in [0.5, 0.6) is 0 Å². The van der Waals surface area contributed by atoms with E-state index in [2.05, 4.69) is 11.4 Å². The zero-order valence-corrected chi connectivity index (χ0v) is 13.2.